The van der Waals surface area contributed by atoms with E-state index in [2.05, 4.69) is 58.6 Å². The molecule has 0 spiro atoms. The minimum absolute atomic E-state index is 0.0481. The van der Waals surface area contributed by atoms with Gasteiger partial charge in [-0.1, -0.05) is 76.1 Å². The summed E-state index contributed by atoms with van der Waals surface area (Å²) < 4.78 is 5.23. The van der Waals surface area contributed by atoms with Gasteiger partial charge in [0.1, 0.15) is 3.66 Å². The predicted molar refractivity (Wildman–Crippen MR) is 119 cm³/mol. The van der Waals surface area contributed by atoms with E-state index in [-0.39, 0.29) is 27.6 Å². The first-order chi connectivity index (χ1) is 14.0. The minimum Gasteiger partial charge on any atom is -0.391 e. The van der Waals surface area contributed by atoms with Crippen molar-refractivity contribution >= 4 is 28.0 Å². The van der Waals surface area contributed by atoms with Crippen LogP contribution in [-0.4, -0.2) is 38.4 Å². The molecular weight excluding hydrogens is 450 g/mol. The minimum atomic E-state index is -0.437. The van der Waals surface area contributed by atoms with Crippen LogP contribution in [0.2, 0.25) is 0 Å². The van der Waals surface area contributed by atoms with Crippen molar-refractivity contribution in [3.63, 3.8) is 0 Å². The lowest BCUT2D eigenvalue weighted by molar-refractivity contribution is -0.0792. The quantitative estimate of drug-likeness (QED) is 0.221. The molecule has 7 unspecified atom stereocenters. The molecular formula is C23H24BrNO3S. The zero-order valence-corrected chi connectivity index (χ0v) is 18.6. The van der Waals surface area contributed by atoms with Crippen molar-refractivity contribution in [2.75, 3.05) is 6.54 Å². The molecule has 152 valence electrons. The zero-order chi connectivity index (χ0) is 20.2. The fourth-order valence-electron chi connectivity index (χ4n) is 5.31. The number of aliphatic hydroxyl groups is 1. The lowest BCUT2D eigenvalue weighted by atomic mass is 9.74. The molecule has 4 nitrogen and oxygen atoms in total. The third kappa shape index (κ3) is 3.26. The number of alkyl halides is 1. The second kappa shape index (κ2) is 7.43. The van der Waals surface area contributed by atoms with Crippen LogP contribution in [0.15, 0.2) is 66.7 Å². The normalized spacial score (nSPS) is 37.7. The van der Waals surface area contributed by atoms with Crippen LogP contribution in [0, 0.1) is 12.8 Å². The first kappa shape index (κ1) is 19.6. The highest BCUT2D eigenvalue weighted by Crippen LogP contribution is 2.63. The van der Waals surface area contributed by atoms with Crippen molar-refractivity contribution in [3.8, 4) is 5.75 Å². The van der Waals surface area contributed by atoms with Crippen LogP contribution in [-0.2, 0) is 4.33 Å². The Morgan fingerprint density at radius 1 is 1.14 bits per heavy atom. The number of aliphatic hydroxyl groups excluding tert-OH is 1. The van der Waals surface area contributed by atoms with Crippen molar-refractivity contribution in [1.29, 1.82) is 0 Å². The van der Waals surface area contributed by atoms with Crippen LogP contribution in [0.1, 0.15) is 23.5 Å². The summed E-state index contributed by atoms with van der Waals surface area (Å²) in [7, 11) is 0. The Kier molecular flexibility index (Phi) is 5.03. The number of hydrogen-bond acceptors (Lipinski definition) is 5. The molecule has 3 aliphatic heterocycles. The summed E-state index contributed by atoms with van der Waals surface area (Å²) in [5.41, 5.74) is 3.61. The second-order valence-electron chi connectivity index (χ2n) is 8.33. The summed E-state index contributed by atoms with van der Waals surface area (Å²) in [6.07, 6.45) is 0.349. The smallest absolute Gasteiger partial charge is 0.166 e. The van der Waals surface area contributed by atoms with Gasteiger partial charge in [0.2, 0.25) is 0 Å². The van der Waals surface area contributed by atoms with E-state index in [0.29, 0.717) is 5.75 Å². The largest absolute Gasteiger partial charge is 0.391 e. The Bertz CT molecular complexity index is 908. The molecule has 3 fully saturated rings. The number of benzene rings is 2. The molecule has 0 saturated carbocycles. The standard InChI is InChI=1S/C23H24BrNO3S/c1-14-8-10-16(11-9-14)20-19-15(2)13-25-18(21(20)26)12-23(24,22(19)25)29-28-27-17-6-4-3-5-7-17/h3-11,18-22,26H,2,12-13H2,1H3. The number of aryl methyl sites for hydroxylation is 1. The summed E-state index contributed by atoms with van der Waals surface area (Å²) in [6, 6.07) is 18.3. The van der Waals surface area contributed by atoms with Crippen LogP contribution >= 0.6 is 28.0 Å². The van der Waals surface area contributed by atoms with E-state index in [0.717, 1.165) is 13.0 Å². The molecule has 0 aliphatic carbocycles. The fourth-order valence-corrected chi connectivity index (χ4v) is 7.20. The molecule has 2 aromatic carbocycles. The van der Waals surface area contributed by atoms with E-state index in [1.165, 1.54) is 28.7 Å². The first-order valence-electron chi connectivity index (χ1n) is 9.92. The van der Waals surface area contributed by atoms with Crippen LogP contribution in [0.4, 0.5) is 0 Å². The van der Waals surface area contributed by atoms with Gasteiger partial charge in [0.05, 0.1) is 18.1 Å². The van der Waals surface area contributed by atoms with Crippen LogP contribution in [0.5, 0.6) is 5.75 Å². The Labute approximate surface area is 184 Å². The van der Waals surface area contributed by atoms with Crippen molar-refractivity contribution in [3.05, 3.63) is 77.9 Å². The van der Waals surface area contributed by atoms with Crippen molar-refractivity contribution in [1.82, 2.24) is 4.90 Å². The first-order valence-corrected chi connectivity index (χ1v) is 11.5. The molecule has 3 heterocycles. The number of para-hydroxylation sites is 1. The van der Waals surface area contributed by atoms with Crippen LogP contribution in [0.25, 0.3) is 0 Å². The molecule has 1 N–H and O–H groups in total. The summed E-state index contributed by atoms with van der Waals surface area (Å²) in [6.45, 7) is 7.30. The average molecular weight is 474 g/mol. The SMILES string of the molecule is C=C1CN2C3CC(Br)(SOOc4ccccc4)C2C1C(c1ccc(C)cc1)C3O. The van der Waals surface area contributed by atoms with E-state index in [1.807, 2.05) is 30.3 Å². The highest BCUT2D eigenvalue weighted by atomic mass is 79.9. The average Bonchev–Trinajstić information content (AvgIpc) is 3.12. The molecule has 0 radical (unpaired) electrons. The highest BCUT2D eigenvalue weighted by Gasteiger charge is 2.67. The van der Waals surface area contributed by atoms with Gasteiger partial charge in [-0.3, -0.25) is 4.90 Å². The second-order valence-corrected chi connectivity index (χ2v) is 11.3. The third-order valence-corrected chi connectivity index (χ3v) is 8.58. The van der Waals surface area contributed by atoms with Crippen molar-refractivity contribution in [2.45, 2.75) is 41.1 Å². The van der Waals surface area contributed by atoms with E-state index in [1.54, 1.807) is 0 Å². The number of halogens is 1. The number of hydrogen-bond donors (Lipinski definition) is 1. The fraction of sp³-hybridized carbons (Fsp3) is 0.391. The van der Waals surface area contributed by atoms with E-state index in [9.17, 15) is 5.11 Å². The van der Waals surface area contributed by atoms with E-state index >= 15 is 0 Å². The predicted octanol–water partition coefficient (Wildman–Crippen LogP) is 4.83. The molecule has 4 bridgehead atoms. The Balaban J connectivity index is 1.40. The molecule has 7 atom stereocenters. The number of piperidine rings is 1. The van der Waals surface area contributed by atoms with Gasteiger partial charge >= 0.3 is 0 Å². The van der Waals surface area contributed by atoms with Gasteiger partial charge in [-0.15, -0.1) is 4.33 Å². The monoisotopic (exact) mass is 473 g/mol. The molecule has 6 heteroatoms. The maximum Gasteiger partial charge on any atom is 0.166 e. The van der Waals surface area contributed by atoms with Gasteiger partial charge in [0.25, 0.3) is 0 Å². The number of nitrogens with zero attached hydrogens (tertiary/aromatic N) is 1. The lowest BCUT2D eigenvalue weighted by Gasteiger charge is -2.42. The van der Waals surface area contributed by atoms with Crippen LogP contribution < -0.4 is 4.89 Å². The van der Waals surface area contributed by atoms with Gasteiger partial charge in [-0.25, -0.2) is 0 Å². The summed E-state index contributed by atoms with van der Waals surface area (Å²) in [5.74, 6) is 0.882. The van der Waals surface area contributed by atoms with Gasteiger partial charge in [0.15, 0.2) is 5.75 Å². The molecule has 0 aromatic heterocycles. The summed E-state index contributed by atoms with van der Waals surface area (Å²) >= 11 is 5.29. The van der Waals surface area contributed by atoms with Crippen molar-refractivity contribution in [2.24, 2.45) is 5.92 Å². The van der Waals surface area contributed by atoms with Crippen molar-refractivity contribution < 1.29 is 14.3 Å². The lowest BCUT2D eigenvalue weighted by Crippen LogP contribution is -2.52. The van der Waals surface area contributed by atoms with Gasteiger partial charge in [-0.05, 0) is 31.0 Å². The van der Waals surface area contributed by atoms with Gasteiger partial charge < -0.3 is 9.99 Å². The van der Waals surface area contributed by atoms with Crippen LogP contribution in [0.3, 0.4) is 0 Å². The summed E-state index contributed by atoms with van der Waals surface area (Å²) in [4.78, 5) is 7.88. The van der Waals surface area contributed by atoms with Gasteiger partial charge in [0, 0.05) is 30.5 Å². The molecule has 2 aromatic rings. The maximum atomic E-state index is 11.3. The molecule has 3 aliphatic rings. The number of rotatable bonds is 5. The topological polar surface area (TPSA) is 41.9 Å². The molecule has 29 heavy (non-hydrogen) atoms. The Morgan fingerprint density at radius 3 is 2.59 bits per heavy atom. The van der Waals surface area contributed by atoms with Gasteiger partial charge in [-0.2, -0.15) is 0 Å². The molecule has 0 amide bonds. The van der Waals surface area contributed by atoms with E-state index in [4.69, 9.17) is 9.22 Å². The maximum absolute atomic E-state index is 11.3. The summed E-state index contributed by atoms with van der Waals surface area (Å²) in [5, 5.41) is 11.3. The molecule has 3 saturated heterocycles. The Hall–Kier alpha value is -1.31. The Morgan fingerprint density at radius 2 is 1.86 bits per heavy atom. The molecule has 5 rings (SSSR count). The highest BCUT2D eigenvalue weighted by molar-refractivity contribution is 9.11. The third-order valence-electron chi connectivity index (χ3n) is 6.57. The van der Waals surface area contributed by atoms with E-state index < -0.39 is 6.10 Å². The zero-order valence-electron chi connectivity index (χ0n) is 16.2.